The van der Waals surface area contributed by atoms with Crippen LogP contribution in [0.4, 0.5) is 5.69 Å². The zero-order chi connectivity index (χ0) is 13.9. The Kier molecular flexibility index (Phi) is 3.93. The first kappa shape index (κ1) is 13.5. The highest BCUT2D eigenvalue weighted by Crippen LogP contribution is 2.21. The number of anilines is 1. The topological polar surface area (TPSA) is 58.1 Å². The average molecular weight is 290 g/mol. The van der Waals surface area contributed by atoms with E-state index in [0.717, 1.165) is 29.8 Å². The van der Waals surface area contributed by atoms with E-state index in [2.05, 4.69) is 25.9 Å². The van der Waals surface area contributed by atoms with Gasteiger partial charge in [0.05, 0.1) is 24.0 Å². The lowest BCUT2D eigenvalue weighted by atomic mass is 10.0. The second-order valence-corrected chi connectivity index (χ2v) is 6.00. The number of hydrogen-bond acceptors (Lipinski definition) is 5. The Bertz CT molecular complexity index is 612. The molecule has 0 bridgehead atoms. The van der Waals surface area contributed by atoms with Gasteiger partial charge in [-0.25, -0.2) is 0 Å². The fraction of sp³-hybridized carbons (Fsp3) is 0.500. The molecule has 106 valence electrons. The third-order valence-corrected chi connectivity index (χ3v) is 4.21. The van der Waals surface area contributed by atoms with Gasteiger partial charge in [0.1, 0.15) is 11.0 Å². The van der Waals surface area contributed by atoms with Crippen molar-refractivity contribution in [2.75, 3.05) is 25.0 Å². The second kappa shape index (κ2) is 5.85. The van der Waals surface area contributed by atoms with E-state index in [1.54, 1.807) is 0 Å². The van der Waals surface area contributed by atoms with Crippen molar-refractivity contribution in [2.45, 2.75) is 19.8 Å². The Morgan fingerprint density at radius 1 is 1.50 bits per heavy atom. The molecule has 0 spiro atoms. The summed E-state index contributed by atoms with van der Waals surface area (Å²) in [5.41, 5.74) is 2.36. The lowest BCUT2D eigenvalue weighted by Crippen LogP contribution is -2.39. The van der Waals surface area contributed by atoms with Gasteiger partial charge in [0.2, 0.25) is 5.91 Å². The van der Waals surface area contributed by atoms with Crippen molar-refractivity contribution in [1.29, 1.82) is 0 Å². The molecule has 3 rings (SSSR count). The molecule has 0 radical (unpaired) electrons. The maximum Gasteiger partial charge on any atom is 0.238 e. The second-order valence-electron chi connectivity index (χ2n) is 5.47. The van der Waals surface area contributed by atoms with Gasteiger partial charge in [-0.2, -0.15) is 8.75 Å². The van der Waals surface area contributed by atoms with E-state index < -0.39 is 0 Å². The van der Waals surface area contributed by atoms with Gasteiger partial charge in [-0.05, 0) is 37.4 Å². The van der Waals surface area contributed by atoms with E-state index in [9.17, 15) is 4.79 Å². The van der Waals surface area contributed by atoms with Crippen LogP contribution in [-0.2, 0) is 4.79 Å². The fourth-order valence-electron chi connectivity index (χ4n) is 2.73. The molecule has 5 nitrogen and oxygen atoms in total. The van der Waals surface area contributed by atoms with Crippen molar-refractivity contribution < 1.29 is 4.79 Å². The number of likely N-dealkylation sites (tertiary alicyclic amines) is 1. The molecule has 2 heterocycles. The lowest BCUT2D eigenvalue weighted by Gasteiger charge is -2.30. The summed E-state index contributed by atoms with van der Waals surface area (Å²) in [6.45, 7) is 4.72. The molecule has 1 aromatic heterocycles. The zero-order valence-corrected chi connectivity index (χ0v) is 12.3. The number of piperidine rings is 1. The molecule has 1 amide bonds. The van der Waals surface area contributed by atoms with Crippen LogP contribution in [0.3, 0.4) is 0 Å². The first-order valence-electron chi connectivity index (χ1n) is 6.96. The summed E-state index contributed by atoms with van der Waals surface area (Å²) in [7, 11) is 0. The molecule has 0 aliphatic carbocycles. The number of nitrogens with one attached hydrogen (secondary N) is 1. The summed E-state index contributed by atoms with van der Waals surface area (Å²) in [5, 5.41) is 2.96. The van der Waals surface area contributed by atoms with Gasteiger partial charge in [0.25, 0.3) is 0 Å². The van der Waals surface area contributed by atoms with Gasteiger partial charge < -0.3 is 5.32 Å². The van der Waals surface area contributed by atoms with Crippen LogP contribution in [0.15, 0.2) is 18.2 Å². The normalized spacial score (nSPS) is 20.1. The monoisotopic (exact) mass is 290 g/mol. The number of hydrogen-bond donors (Lipinski definition) is 1. The van der Waals surface area contributed by atoms with Gasteiger partial charge >= 0.3 is 0 Å². The fourth-order valence-corrected chi connectivity index (χ4v) is 3.28. The van der Waals surface area contributed by atoms with E-state index in [0.29, 0.717) is 12.5 Å². The Morgan fingerprint density at radius 3 is 3.25 bits per heavy atom. The number of rotatable bonds is 3. The first-order valence-corrected chi connectivity index (χ1v) is 7.69. The molecule has 1 unspecified atom stereocenters. The number of carbonyl (C=O) groups is 1. The first-order chi connectivity index (χ1) is 9.72. The van der Waals surface area contributed by atoms with Crippen molar-refractivity contribution in [1.82, 2.24) is 13.6 Å². The van der Waals surface area contributed by atoms with E-state index in [-0.39, 0.29) is 5.91 Å². The maximum atomic E-state index is 12.2. The summed E-state index contributed by atoms with van der Waals surface area (Å²) >= 11 is 1.17. The number of aromatic nitrogens is 2. The molecule has 1 aliphatic rings. The SMILES string of the molecule is CC1CCCN(CC(=O)Nc2cccc3nsnc23)C1. The van der Waals surface area contributed by atoms with Crippen LogP contribution in [0.2, 0.25) is 0 Å². The molecule has 20 heavy (non-hydrogen) atoms. The number of amides is 1. The third kappa shape index (κ3) is 2.96. The zero-order valence-electron chi connectivity index (χ0n) is 11.5. The van der Waals surface area contributed by atoms with Crippen LogP contribution in [0.5, 0.6) is 0 Å². The van der Waals surface area contributed by atoms with Crippen molar-refractivity contribution in [3.63, 3.8) is 0 Å². The van der Waals surface area contributed by atoms with Gasteiger partial charge in [-0.15, -0.1) is 0 Å². The molecule has 1 aliphatic heterocycles. The Hall–Kier alpha value is -1.53. The quantitative estimate of drug-likeness (QED) is 0.943. The van der Waals surface area contributed by atoms with Crippen LogP contribution in [0.25, 0.3) is 11.0 Å². The van der Waals surface area contributed by atoms with E-state index >= 15 is 0 Å². The lowest BCUT2D eigenvalue weighted by molar-refractivity contribution is -0.117. The van der Waals surface area contributed by atoms with E-state index in [1.165, 1.54) is 24.6 Å². The standard InChI is InChI=1S/C14H18N4OS/c1-10-4-3-7-18(8-10)9-13(19)15-11-5-2-6-12-14(11)17-20-16-12/h2,5-6,10H,3-4,7-9H2,1H3,(H,15,19). The molecule has 1 fully saturated rings. The van der Waals surface area contributed by atoms with Crippen LogP contribution >= 0.6 is 11.7 Å². The van der Waals surface area contributed by atoms with Crippen LogP contribution in [-0.4, -0.2) is 39.2 Å². The van der Waals surface area contributed by atoms with Gasteiger partial charge in [0.15, 0.2) is 0 Å². The van der Waals surface area contributed by atoms with Crippen molar-refractivity contribution in [3.05, 3.63) is 18.2 Å². The van der Waals surface area contributed by atoms with E-state index in [4.69, 9.17) is 0 Å². The minimum Gasteiger partial charge on any atom is -0.323 e. The molecule has 1 saturated heterocycles. The third-order valence-electron chi connectivity index (χ3n) is 3.67. The number of carbonyl (C=O) groups excluding carboxylic acids is 1. The Balaban J connectivity index is 1.65. The average Bonchev–Trinajstić information content (AvgIpc) is 2.88. The minimum absolute atomic E-state index is 0.0274. The summed E-state index contributed by atoms with van der Waals surface area (Å²) in [6, 6.07) is 5.67. The summed E-state index contributed by atoms with van der Waals surface area (Å²) in [4.78, 5) is 14.4. The maximum absolute atomic E-state index is 12.2. The highest BCUT2D eigenvalue weighted by molar-refractivity contribution is 7.00. The highest BCUT2D eigenvalue weighted by atomic mass is 32.1. The van der Waals surface area contributed by atoms with Crippen molar-refractivity contribution >= 4 is 34.4 Å². The van der Waals surface area contributed by atoms with Crippen LogP contribution in [0.1, 0.15) is 19.8 Å². The summed E-state index contributed by atoms with van der Waals surface area (Å²) in [5.74, 6) is 0.710. The number of fused-ring (bicyclic) bond motifs is 1. The van der Waals surface area contributed by atoms with Crippen LogP contribution in [0, 0.1) is 5.92 Å². The molecular formula is C14H18N4OS. The van der Waals surface area contributed by atoms with Gasteiger partial charge in [-0.1, -0.05) is 13.0 Å². The van der Waals surface area contributed by atoms with E-state index in [1.807, 2.05) is 18.2 Å². The predicted molar refractivity (Wildman–Crippen MR) is 80.9 cm³/mol. The molecule has 1 N–H and O–H groups in total. The van der Waals surface area contributed by atoms with Crippen LogP contribution < -0.4 is 5.32 Å². The molecule has 1 atom stereocenters. The summed E-state index contributed by atoms with van der Waals surface area (Å²) in [6.07, 6.45) is 2.45. The Labute approximate surface area is 122 Å². The largest absolute Gasteiger partial charge is 0.323 e. The van der Waals surface area contributed by atoms with Crippen molar-refractivity contribution in [2.24, 2.45) is 5.92 Å². The number of nitrogens with zero attached hydrogens (tertiary/aromatic N) is 3. The molecule has 0 saturated carbocycles. The smallest absolute Gasteiger partial charge is 0.238 e. The molecule has 6 heteroatoms. The summed E-state index contributed by atoms with van der Waals surface area (Å²) < 4.78 is 8.41. The minimum atomic E-state index is 0.0274. The van der Waals surface area contributed by atoms with Gasteiger partial charge in [0, 0.05) is 6.54 Å². The molecule has 1 aromatic carbocycles. The Morgan fingerprint density at radius 2 is 2.40 bits per heavy atom. The molecular weight excluding hydrogens is 272 g/mol. The number of benzene rings is 1. The predicted octanol–water partition coefficient (Wildman–Crippen LogP) is 2.36. The van der Waals surface area contributed by atoms with Crippen molar-refractivity contribution in [3.8, 4) is 0 Å². The highest BCUT2D eigenvalue weighted by Gasteiger charge is 2.19. The van der Waals surface area contributed by atoms with Gasteiger partial charge in [-0.3, -0.25) is 9.69 Å². The molecule has 2 aromatic rings.